The average Bonchev–Trinajstić information content (AvgIpc) is 2.93. The molecule has 1 heterocycles. The van der Waals surface area contributed by atoms with Crippen LogP contribution in [-0.2, 0) is 15.8 Å². The van der Waals surface area contributed by atoms with Crippen LogP contribution in [0.4, 0.5) is 32.0 Å². The van der Waals surface area contributed by atoms with E-state index >= 15 is 0 Å². The molecule has 0 radical (unpaired) electrons. The van der Waals surface area contributed by atoms with Crippen molar-refractivity contribution in [3.8, 4) is 11.5 Å². The molecule has 2 aromatic carbocycles. The van der Waals surface area contributed by atoms with Gasteiger partial charge < -0.3 is 15.2 Å². The van der Waals surface area contributed by atoms with Gasteiger partial charge in [0.15, 0.2) is 17.4 Å². The molecule has 6 nitrogen and oxygen atoms in total. The SMILES string of the molecule is O=C1C=C(Nc2ccc(Oc3c(F)cc(C(F)(F)F)cc3F)cc2F)C(=O)N1CCO. The standard InChI is InChI=1S/C19H12F6N2O4/c20-11-7-10(31-17-12(21)5-9(6-13(17)22)19(23,24)25)1-2-14(11)26-15-8-16(29)27(3-4-28)18(15)30/h1-2,5-8,26,28H,3-4H2. The number of aliphatic hydroxyl groups excluding tert-OH is 1. The molecule has 0 aliphatic carbocycles. The molecular weight excluding hydrogens is 434 g/mol. The molecule has 12 heteroatoms. The zero-order valence-corrected chi connectivity index (χ0v) is 15.3. The highest BCUT2D eigenvalue weighted by Gasteiger charge is 2.33. The predicted octanol–water partition coefficient (Wildman–Crippen LogP) is 3.57. The molecule has 0 fully saturated rings. The van der Waals surface area contributed by atoms with Gasteiger partial charge in [-0.15, -0.1) is 0 Å². The second-order valence-electron chi connectivity index (χ2n) is 6.21. The summed E-state index contributed by atoms with van der Waals surface area (Å²) in [5, 5.41) is 11.2. The smallest absolute Gasteiger partial charge is 0.416 e. The summed E-state index contributed by atoms with van der Waals surface area (Å²) in [6, 6.07) is 2.81. The zero-order chi connectivity index (χ0) is 22.9. The summed E-state index contributed by atoms with van der Waals surface area (Å²) in [6.45, 7) is -0.713. The van der Waals surface area contributed by atoms with Crippen LogP contribution in [0.25, 0.3) is 0 Å². The molecule has 2 amide bonds. The van der Waals surface area contributed by atoms with Gasteiger partial charge in [0.25, 0.3) is 11.8 Å². The van der Waals surface area contributed by atoms with Crippen LogP contribution in [0.15, 0.2) is 42.1 Å². The van der Waals surface area contributed by atoms with Crippen molar-refractivity contribution in [3.63, 3.8) is 0 Å². The van der Waals surface area contributed by atoms with Crippen LogP contribution in [-0.4, -0.2) is 35.0 Å². The number of carbonyl (C=O) groups is 2. The summed E-state index contributed by atoms with van der Waals surface area (Å²) in [5.74, 6) is -7.44. The normalized spacial score (nSPS) is 14.2. The summed E-state index contributed by atoms with van der Waals surface area (Å²) in [7, 11) is 0. The zero-order valence-electron chi connectivity index (χ0n) is 15.3. The fraction of sp³-hybridized carbons (Fsp3) is 0.158. The Labute approximate surface area is 170 Å². The van der Waals surface area contributed by atoms with E-state index in [1.54, 1.807) is 0 Å². The molecule has 0 aromatic heterocycles. The predicted molar refractivity (Wildman–Crippen MR) is 93.3 cm³/mol. The van der Waals surface area contributed by atoms with E-state index in [1.807, 2.05) is 0 Å². The number of alkyl halides is 3. The largest absolute Gasteiger partial charge is 0.451 e. The molecule has 0 atom stereocenters. The van der Waals surface area contributed by atoms with Gasteiger partial charge >= 0.3 is 6.18 Å². The first-order valence-corrected chi connectivity index (χ1v) is 8.50. The number of nitrogens with zero attached hydrogens (tertiary/aromatic N) is 1. The Morgan fingerprint density at radius 3 is 2.19 bits per heavy atom. The first-order valence-electron chi connectivity index (χ1n) is 8.50. The highest BCUT2D eigenvalue weighted by Crippen LogP contribution is 2.36. The number of anilines is 1. The maximum absolute atomic E-state index is 14.3. The van der Waals surface area contributed by atoms with Crippen molar-refractivity contribution < 1.29 is 45.8 Å². The number of hydrogen-bond donors (Lipinski definition) is 2. The molecule has 0 spiro atoms. The van der Waals surface area contributed by atoms with Gasteiger partial charge in [-0.05, 0) is 24.3 Å². The third-order valence-corrected chi connectivity index (χ3v) is 4.09. The number of nitrogens with one attached hydrogen (secondary N) is 1. The lowest BCUT2D eigenvalue weighted by Crippen LogP contribution is -2.34. The fourth-order valence-corrected chi connectivity index (χ4v) is 2.65. The lowest BCUT2D eigenvalue weighted by Gasteiger charge is -2.14. The summed E-state index contributed by atoms with van der Waals surface area (Å²) < 4.78 is 84.7. The second-order valence-corrected chi connectivity index (χ2v) is 6.21. The number of benzene rings is 2. The fourth-order valence-electron chi connectivity index (χ4n) is 2.65. The van der Waals surface area contributed by atoms with E-state index in [1.165, 1.54) is 0 Å². The number of amides is 2. The van der Waals surface area contributed by atoms with Crippen LogP contribution < -0.4 is 10.1 Å². The van der Waals surface area contributed by atoms with E-state index in [9.17, 15) is 35.9 Å². The minimum absolute atomic E-state index is 0.0397. The quantitative estimate of drug-likeness (QED) is 0.524. The van der Waals surface area contributed by atoms with Crippen molar-refractivity contribution in [2.45, 2.75) is 6.18 Å². The third-order valence-electron chi connectivity index (χ3n) is 4.09. The van der Waals surface area contributed by atoms with Crippen molar-refractivity contribution in [1.82, 2.24) is 4.90 Å². The van der Waals surface area contributed by atoms with Crippen LogP contribution >= 0.6 is 0 Å². The summed E-state index contributed by atoms with van der Waals surface area (Å²) >= 11 is 0. The number of ether oxygens (including phenoxy) is 1. The molecule has 164 valence electrons. The summed E-state index contributed by atoms with van der Waals surface area (Å²) in [6.07, 6.45) is -4.07. The van der Waals surface area contributed by atoms with E-state index < -0.39 is 59.1 Å². The molecule has 31 heavy (non-hydrogen) atoms. The van der Waals surface area contributed by atoms with Crippen molar-refractivity contribution in [1.29, 1.82) is 0 Å². The monoisotopic (exact) mass is 446 g/mol. The molecule has 0 saturated heterocycles. The van der Waals surface area contributed by atoms with Crippen molar-refractivity contribution in [2.75, 3.05) is 18.5 Å². The Morgan fingerprint density at radius 1 is 1.00 bits per heavy atom. The number of halogens is 6. The van der Waals surface area contributed by atoms with Crippen molar-refractivity contribution in [2.24, 2.45) is 0 Å². The summed E-state index contributed by atoms with van der Waals surface area (Å²) in [5.41, 5.74) is -2.12. The van der Waals surface area contributed by atoms with E-state index in [0.717, 1.165) is 23.1 Å². The Hall–Kier alpha value is -3.54. The van der Waals surface area contributed by atoms with Gasteiger partial charge in [0.2, 0.25) is 0 Å². The van der Waals surface area contributed by atoms with Gasteiger partial charge in [0, 0.05) is 12.1 Å². The van der Waals surface area contributed by atoms with Crippen LogP contribution in [0.5, 0.6) is 11.5 Å². The highest BCUT2D eigenvalue weighted by atomic mass is 19.4. The molecule has 1 aliphatic heterocycles. The van der Waals surface area contributed by atoms with Crippen molar-refractivity contribution in [3.05, 3.63) is 65.1 Å². The molecule has 3 rings (SSSR count). The number of hydrogen-bond acceptors (Lipinski definition) is 5. The van der Waals surface area contributed by atoms with E-state index in [-0.39, 0.29) is 30.1 Å². The highest BCUT2D eigenvalue weighted by molar-refractivity contribution is 6.17. The Balaban J connectivity index is 1.79. The Kier molecular flexibility index (Phi) is 5.93. The Bertz CT molecular complexity index is 1060. The molecule has 1 aliphatic rings. The lowest BCUT2D eigenvalue weighted by molar-refractivity contribution is -0.138. The van der Waals surface area contributed by atoms with E-state index in [2.05, 4.69) is 5.32 Å². The number of aliphatic hydroxyl groups is 1. The Morgan fingerprint density at radius 2 is 1.65 bits per heavy atom. The molecule has 2 aromatic rings. The number of β-amino-alcohol motifs (C(OH)–C–C–N with tert-alkyl or cyclic N) is 1. The van der Waals surface area contributed by atoms with E-state index in [0.29, 0.717) is 6.07 Å². The maximum atomic E-state index is 14.3. The number of carbonyl (C=O) groups excluding carboxylic acids is 2. The number of imide groups is 1. The molecule has 2 N–H and O–H groups in total. The van der Waals surface area contributed by atoms with Gasteiger partial charge in [-0.2, -0.15) is 13.2 Å². The second kappa shape index (κ2) is 8.30. The van der Waals surface area contributed by atoms with Crippen LogP contribution in [0.1, 0.15) is 5.56 Å². The first kappa shape index (κ1) is 22.2. The van der Waals surface area contributed by atoms with Gasteiger partial charge in [0.1, 0.15) is 17.3 Å². The topological polar surface area (TPSA) is 78.9 Å². The maximum Gasteiger partial charge on any atom is 0.416 e. The van der Waals surface area contributed by atoms with Crippen LogP contribution in [0, 0.1) is 17.5 Å². The molecule has 0 unspecified atom stereocenters. The van der Waals surface area contributed by atoms with Gasteiger partial charge in [0.05, 0.1) is 24.4 Å². The lowest BCUT2D eigenvalue weighted by atomic mass is 10.2. The van der Waals surface area contributed by atoms with Gasteiger partial charge in [-0.3, -0.25) is 14.5 Å². The third kappa shape index (κ3) is 4.63. The molecule has 0 saturated carbocycles. The van der Waals surface area contributed by atoms with Crippen LogP contribution in [0.3, 0.4) is 0 Å². The van der Waals surface area contributed by atoms with Gasteiger partial charge in [-0.1, -0.05) is 0 Å². The van der Waals surface area contributed by atoms with Crippen molar-refractivity contribution >= 4 is 17.5 Å². The van der Waals surface area contributed by atoms with E-state index in [4.69, 9.17) is 9.84 Å². The summed E-state index contributed by atoms with van der Waals surface area (Å²) in [4.78, 5) is 24.5. The number of rotatable bonds is 6. The van der Waals surface area contributed by atoms with Crippen LogP contribution in [0.2, 0.25) is 0 Å². The van der Waals surface area contributed by atoms with Gasteiger partial charge in [-0.25, -0.2) is 13.2 Å². The first-order chi connectivity index (χ1) is 14.5. The molecular formula is C19H12F6N2O4. The molecule has 0 bridgehead atoms. The minimum Gasteiger partial charge on any atom is -0.451 e. The average molecular weight is 446 g/mol. The minimum atomic E-state index is -4.97.